The number of hydrogen-bond donors (Lipinski definition) is 1. The predicted octanol–water partition coefficient (Wildman–Crippen LogP) is 3.59. The molecule has 1 N–H and O–H groups in total. The molecule has 0 fully saturated rings. The largest absolute Gasteiger partial charge is 0.482 e. The van der Waals surface area contributed by atoms with Gasteiger partial charge in [-0.2, -0.15) is 5.10 Å². The number of rotatable bonds is 6. The Morgan fingerprint density at radius 2 is 1.93 bits per heavy atom. The van der Waals surface area contributed by atoms with Gasteiger partial charge in [-0.25, -0.2) is 5.01 Å². The molecule has 1 aromatic carbocycles. The van der Waals surface area contributed by atoms with Gasteiger partial charge in [-0.1, -0.05) is 12.1 Å². The van der Waals surface area contributed by atoms with E-state index in [2.05, 4.69) is 10.4 Å². The lowest BCUT2D eigenvalue weighted by Crippen LogP contribution is -2.31. The van der Waals surface area contributed by atoms with Crippen LogP contribution in [0.1, 0.15) is 30.9 Å². The Kier molecular flexibility index (Phi) is 5.15. The minimum Gasteiger partial charge on any atom is -0.482 e. The fraction of sp³-hybridized carbons (Fsp3) is 0.190. The Bertz CT molecular complexity index is 1020. The molecule has 1 aliphatic heterocycles. The molecule has 0 spiro atoms. The zero-order valence-electron chi connectivity index (χ0n) is 15.7. The molecule has 0 saturated carbocycles. The van der Waals surface area contributed by atoms with Crippen LogP contribution >= 0.6 is 0 Å². The van der Waals surface area contributed by atoms with Crippen molar-refractivity contribution in [3.8, 4) is 5.75 Å². The van der Waals surface area contributed by atoms with E-state index in [0.29, 0.717) is 35.1 Å². The summed E-state index contributed by atoms with van der Waals surface area (Å²) in [5.41, 5.74) is 1.15. The summed E-state index contributed by atoms with van der Waals surface area (Å²) in [5, 5.41) is 8.49. The number of benzene rings is 1. The number of amides is 2. The zero-order chi connectivity index (χ0) is 20.2. The van der Waals surface area contributed by atoms with E-state index in [1.807, 2.05) is 0 Å². The topological polar surface area (TPSA) is 97.3 Å². The number of nitrogens with zero attached hydrogens (tertiary/aromatic N) is 2. The van der Waals surface area contributed by atoms with Crippen molar-refractivity contribution in [1.82, 2.24) is 5.01 Å². The highest BCUT2D eigenvalue weighted by Crippen LogP contribution is 2.33. The first kappa shape index (κ1) is 18.5. The van der Waals surface area contributed by atoms with E-state index in [9.17, 15) is 9.59 Å². The van der Waals surface area contributed by atoms with Crippen LogP contribution in [0.25, 0.3) is 0 Å². The highest BCUT2D eigenvalue weighted by Gasteiger charge is 2.35. The summed E-state index contributed by atoms with van der Waals surface area (Å²) >= 11 is 0. The first-order valence-corrected chi connectivity index (χ1v) is 9.08. The van der Waals surface area contributed by atoms with Gasteiger partial charge in [0.2, 0.25) is 5.91 Å². The van der Waals surface area contributed by atoms with E-state index < -0.39 is 0 Å². The van der Waals surface area contributed by atoms with E-state index in [4.69, 9.17) is 13.6 Å². The Morgan fingerprint density at radius 3 is 2.66 bits per heavy atom. The van der Waals surface area contributed by atoms with Crippen LogP contribution in [-0.4, -0.2) is 29.1 Å². The fourth-order valence-corrected chi connectivity index (χ4v) is 3.13. The number of carbonyl (C=O) groups excluding carboxylic acids is 2. The summed E-state index contributed by atoms with van der Waals surface area (Å²) in [4.78, 5) is 24.3. The van der Waals surface area contributed by atoms with Crippen molar-refractivity contribution in [3.63, 3.8) is 0 Å². The van der Waals surface area contributed by atoms with Gasteiger partial charge in [-0.3, -0.25) is 9.59 Å². The van der Waals surface area contributed by atoms with Crippen LogP contribution in [0.5, 0.6) is 5.75 Å². The summed E-state index contributed by atoms with van der Waals surface area (Å²) in [5.74, 6) is 1.07. The zero-order valence-corrected chi connectivity index (χ0v) is 15.7. The SMILES string of the molecule is CC(=O)Nc1ccccc1OCC(=O)N1N=C(c2ccco2)C[C@H]1c1ccco1. The standard InChI is InChI=1S/C21H19N3O5/c1-14(25)22-15-6-2-3-7-18(15)29-13-21(26)24-17(20-9-5-11-28-20)12-16(23-24)19-8-4-10-27-19/h2-11,17H,12-13H2,1H3,(H,22,25)/t17-/m0/s1. The molecule has 0 unspecified atom stereocenters. The van der Waals surface area contributed by atoms with Crippen LogP contribution in [-0.2, 0) is 9.59 Å². The van der Waals surface area contributed by atoms with Crippen molar-refractivity contribution in [3.05, 3.63) is 72.6 Å². The Balaban J connectivity index is 1.52. The molecule has 2 amide bonds. The minimum atomic E-state index is -0.383. The van der Waals surface area contributed by atoms with Gasteiger partial charge in [0, 0.05) is 13.3 Å². The number of hydrazone groups is 1. The van der Waals surface area contributed by atoms with Crippen LogP contribution in [0.15, 0.2) is 75.0 Å². The molecule has 3 heterocycles. The molecule has 3 aromatic rings. The molecule has 0 aliphatic carbocycles. The maximum absolute atomic E-state index is 12.9. The van der Waals surface area contributed by atoms with E-state index in [0.717, 1.165) is 0 Å². The van der Waals surface area contributed by atoms with Crippen LogP contribution in [0.3, 0.4) is 0 Å². The Labute approximate surface area is 166 Å². The highest BCUT2D eigenvalue weighted by molar-refractivity contribution is 6.01. The van der Waals surface area contributed by atoms with E-state index >= 15 is 0 Å². The third kappa shape index (κ3) is 4.06. The number of nitrogens with one attached hydrogen (secondary N) is 1. The second-order valence-corrected chi connectivity index (χ2v) is 6.46. The first-order chi connectivity index (χ1) is 14.1. The van der Waals surface area contributed by atoms with E-state index in [1.165, 1.54) is 11.9 Å². The van der Waals surface area contributed by atoms with Gasteiger partial charge in [0.25, 0.3) is 5.91 Å². The molecule has 148 valence electrons. The molecule has 29 heavy (non-hydrogen) atoms. The second kappa shape index (κ2) is 8.05. The predicted molar refractivity (Wildman–Crippen MR) is 104 cm³/mol. The minimum absolute atomic E-state index is 0.225. The molecule has 8 heteroatoms. The molecule has 1 aliphatic rings. The number of ether oxygens (including phenoxy) is 1. The van der Waals surface area contributed by atoms with Gasteiger partial charge in [0.15, 0.2) is 6.61 Å². The number of hydrogen-bond acceptors (Lipinski definition) is 6. The molecule has 1 atom stereocenters. The lowest BCUT2D eigenvalue weighted by molar-refractivity contribution is -0.135. The van der Waals surface area contributed by atoms with Gasteiger partial charge in [-0.05, 0) is 36.4 Å². The number of anilines is 1. The Morgan fingerprint density at radius 1 is 1.14 bits per heavy atom. The molecule has 8 nitrogen and oxygen atoms in total. The van der Waals surface area contributed by atoms with Crippen LogP contribution in [0.4, 0.5) is 5.69 Å². The molecular formula is C21H19N3O5. The van der Waals surface area contributed by atoms with Crippen molar-refractivity contribution >= 4 is 23.2 Å². The van der Waals surface area contributed by atoms with Gasteiger partial charge in [-0.15, -0.1) is 0 Å². The maximum atomic E-state index is 12.9. The molecule has 4 rings (SSSR count). The van der Waals surface area contributed by atoms with Crippen molar-refractivity contribution in [2.45, 2.75) is 19.4 Å². The molecule has 0 bridgehead atoms. The summed E-state index contributed by atoms with van der Waals surface area (Å²) in [6, 6.07) is 13.7. The first-order valence-electron chi connectivity index (χ1n) is 9.08. The lowest BCUT2D eigenvalue weighted by atomic mass is 10.1. The normalized spacial score (nSPS) is 15.8. The third-order valence-electron chi connectivity index (χ3n) is 4.39. The smallest absolute Gasteiger partial charge is 0.281 e. The second-order valence-electron chi connectivity index (χ2n) is 6.46. The van der Waals surface area contributed by atoms with Crippen molar-refractivity contribution in [1.29, 1.82) is 0 Å². The summed E-state index contributed by atoms with van der Waals surface area (Å²) in [6.07, 6.45) is 3.59. The molecule has 2 aromatic heterocycles. The van der Waals surface area contributed by atoms with Gasteiger partial charge in [0.1, 0.15) is 29.0 Å². The lowest BCUT2D eigenvalue weighted by Gasteiger charge is -2.20. The van der Waals surface area contributed by atoms with Crippen LogP contribution in [0.2, 0.25) is 0 Å². The van der Waals surface area contributed by atoms with Gasteiger partial charge < -0.3 is 18.9 Å². The fourth-order valence-electron chi connectivity index (χ4n) is 3.13. The highest BCUT2D eigenvalue weighted by atomic mass is 16.5. The molecular weight excluding hydrogens is 374 g/mol. The van der Waals surface area contributed by atoms with E-state index in [-0.39, 0.29) is 24.5 Å². The summed E-state index contributed by atoms with van der Waals surface area (Å²) in [7, 11) is 0. The summed E-state index contributed by atoms with van der Waals surface area (Å²) in [6.45, 7) is 1.16. The number of carbonyl (C=O) groups is 2. The van der Waals surface area contributed by atoms with Crippen molar-refractivity contribution in [2.24, 2.45) is 5.10 Å². The van der Waals surface area contributed by atoms with Crippen molar-refractivity contribution < 1.29 is 23.2 Å². The molecule has 0 saturated heterocycles. The van der Waals surface area contributed by atoms with Crippen LogP contribution < -0.4 is 10.1 Å². The summed E-state index contributed by atoms with van der Waals surface area (Å²) < 4.78 is 16.6. The van der Waals surface area contributed by atoms with Crippen LogP contribution in [0, 0.1) is 0 Å². The monoisotopic (exact) mass is 393 g/mol. The van der Waals surface area contributed by atoms with Crippen molar-refractivity contribution in [2.75, 3.05) is 11.9 Å². The number of furan rings is 2. The van der Waals surface area contributed by atoms with E-state index in [1.54, 1.807) is 61.1 Å². The van der Waals surface area contributed by atoms with Gasteiger partial charge >= 0.3 is 0 Å². The third-order valence-corrected chi connectivity index (χ3v) is 4.39. The molecule has 0 radical (unpaired) electrons. The quantitative estimate of drug-likeness (QED) is 0.690. The Hall–Kier alpha value is -3.81. The van der Waals surface area contributed by atoms with Gasteiger partial charge in [0.05, 0.1) is 18.2 Å². The average Bonchev–Trinajstić information content (AvgIpc) is 3.47. The number of para-hydroxylation sites is 2. The average molecular weight is 393 g/mol. The maximum Gasteiger partial charge on any atom is 0.281 e.